The Bertz CT molecular complexity index is 844. The van der Waals surface area contributed by atoms with Gasteiger partial charge in [-0.3, -0.25) is 9.78 Å². The Balaban J connectivity index is 1.68. The number of carbonyl (C=O) groups is 1. The third-order valence-corrected chi connectivity index (χ3v) is 3.76. The smallest absolute Gasteiger partial charge is 0.271 e. The number of aromatic nitrogens is 1. The first-order chi connectivity index (χ1) is 11.2. The Morgan fingerprint density at radius 2 is 1.91 bits per heavy atom. The van der Waals surface area contributed by atoms with E-state index in [1.807, 2.05) is 30.3 Å². The summed E-state index contributed by atoms with van der Waals surface area (Å²) in [5, 5.41) is 3.90. The highest BCUT2D eigenvalue weighted by atomic mass is 79.9. The summed E-state index contributed by atoms with van der Waals surface area (Å²) in [5.74, 6) is 0.964. The van der Waals surface area contributed by atoms with Crippen molar-refractivity contribution in [2.75, 3.05) is 0 Å². The standard InChI is InChI=1S/C17H12BrN3O2/c18-15-4-2-1-3-14(15)16-6-5-13(23-16)11-20-21-17(22)12-7-9-19-10-8-12/h1-11H,(H,21,22)/b20-11-. The number of amides is 1. The molecule has 0 aliphatic carbocycles. The summed E-state index contributed by atoms with van der Waals surface area (Å²) in [5.41, 5.74) is 3.88. The van der Waals surface area contributed by atoms with Gasteiger partial charge in [-0.15, -0.1) is 0 Å². The molecule has 2 heterocycles. The number of rotatable bonds is 4. The number of benzene rings is 1. The zero-order valence-corrected chi connectivity index (χ0v) is 13.5. The number of furan rings is 1. The van der Waals surface area contributed by atoms with E-state index in [1.54, 1.807) is 30.6 Å². The molecule has 0 aliphatic heterocycles. The van der Waals surface area contributed by atoms with Gasteiger partial charge >= 0.3 is 0 Å². The minimum absolute atomic E-state index is 0.304. The highest BCUT2D eigenvalue weighted by molar-refractivity contribution is 9.10. The van der Waals surface area contributed by atoms with Crippen LogP contribution in [0.1, 0.15) is 16.1 Å². The van der Waals surface area contributed by atoms with Crippen LogP contribution in [0.15, 0.2) is 74.9 Å². The van der Waals surface area contributed by atoms with E-state index in [9.17, 15) is 4.79 Å². The van der Waals surface area contributed by atoms with Gasteiger partial charge in [0.1, 0.15) is 11.5 Å². The summed E-state index contributed by atoms with van der Waals surface area (Å²) >= 11 is 3.48. The molecule has 6 heteroatoms. The van der Waals surface area contributed by atoms with Gasteiger partial charge in [0.05, 0.1) is 6.21 Å². The average Bonchev–Trinajstić information content (AvgIpc) is 3.04. The van der Waals surface area contributed by atoms with Gasteiger partial charge in [0.15, 0.2) is 0 Å². The number of halogens is 1. The highest BCUT2D eigenvalue weighted by Gasteiger charge is 2.07. The van der Waals surface area contributed by atoms with Crippen molar-refractivity contribution in [2.45, 2.75) is 0 Å². The van der Waals surface area contributed by atoms with Crippen LogP contribution in [0.3, 0.4) is 0 Å². The first-order valence-electron chi connectivity index (χ1n) is 6.82. The van der Waals surface area contributed by atoms with E-state index in [1.165, 1.54) is 6.21 Å². The Morgan fingerprint density at radius 3 is 2.70 bits per heavy atom. The maximum atomic E-state index is 11.8. The third kappa shape index (κ3) is 3.73. The van der Waals surface area contributed by atoms with Crippen LogP contribution >= 0.6 is 15.9 Å². The number of nitrogens with zero attached hydrogens (tertiary/aromatic N) is 2. The molecule has 0 radical (unpaired) electrons. The maximum absolute atomic E-state index is 11.8. The van der Waals surface area contributed by atoms with Crippen molar-refractivity contribution in [3.05, 3.63) is 76.7 Å². The molecule has 0 fully saturated rings. The average molecular weight is 370 g/mol. The predicted octanol–water partition coefficient (Wildman–Crippen LogP) is 3.87. The summed E-state index contributed by atoms with van der Waals surface area (Å²) < 4.78 is 6.65. The lowest BCUT2D eigenvalue weighted by Gasteiger charge is -1.99. The van der Waals surface area contributed by atoms with Crippen molar-refractivity contribution < 1.29 is 9.21 Å². The molecule has 1 aromatic carbocycles. The molecule has 0 unspecified atom stereocenters. The summed E-state index contributed by atoms with van der Waals surface area (Å²) in [6.07, 6.45) is 4.56. The maximum Gasteiger partial charge on any atom is 0.271 e. The van der Waals surface area contributed by atoms with Crippen molar-refractivity contribution in [1.82, 2.24) is 10.4 Å². The van der Waals surface area contributed by atoms with Crippen molar-refractivity contribution in [3.8, 4) is 11.3 Å². The third-order valence-electron chi connectivity index (χ3n) is 3.07. The quantitative estimate of drug-likeness (QED) is 0.560. The van der Waals surface area contributed by atoms with Crippen LogP contribution < -0.4 is 5.43 Å². The second kappa shape index (κ2) is 7.02. The zero-order valence-electron chi connectivity index (χ0n) is 11.9. The van der Waals surface area contributed by atoms with Gasteiger partial charge < -0.3 is 4.42 Å². The van der Waals surface area contributed by atoms with E-state index in [0.29, 0.717) is 11.3 Å². The van der Waals surface area contributed by atoms with Crippen LogP contribution in [0.4, 0.5) is 0 Å². The van der Waals surface area contributed by atoms with Crippen LogP contribution in [-0.4, -0.2) is 17.1 Å². The van der Waals surface area contributed by atoms with E-state index < -0.39 is 0 Å². The Hall–Kier alpha value is -2.73. The Morgan fingerprint density at radius 1 is 1.13 bits per heavy atom. The van der Waals surface area contributed by atoms with E-state index in [-0.39, 0.29) is 5.91 Å². The SMILES string of the molecule is O=C(N/N=C\c1ccc(-c2ccccc2Br)o1)c1ccncc1. The van der Waals surface area contributed by atoms with Gasteiger partial charge in [0.2, 0.25) is 0 Å². The highest BCUT2D eigenvalue weighted by Crippen LogP contribution is 2.28. The lowest BCUT2D eigenvalue weighted by Crippen LogP contribution is -2.17. The molecule has 0 atom stereocenters. The van der Waals surface area contributed by atoms with Gasteiger partial charge in [-0.25, -0.2) is 5.43 Å². The lowest BCUT2D eigenvalue weighted by molar-refractivity contribution is 0.0955. The van der Waals surface area contributed by atoms with E-state index in [0.717, 1.165) is 15.8 Å². The molecule has 0 saturated carbocycles. The molecule has 5 nitrogen and oxygen atoms in total. The molecule has 0 aliphatic rings. The Labute approximate surface area is 141 Å². The number of hydrogen-bond acceptors (Lipinski definition) is 4. The topological polar surface area (TPSA) is 67.5 Å². The monoisotopic (exact) mass is 369 g/mol. The summed E-state index contributed by atoms with van der Waals surface area (Å²) in [7, 11) is 0. The number of hydrogen-bond donors (Lipinski definition) is 1. The molecule has 1 N–H and O–H groups in total. The van der Waals surface area contributed by atoms with E-state index >= 15 is 0 Å². The minimum Gasteiger partial charge on any atom is -0.455 e. The fourth-order valence-corrected chi connectivity index (χ4v) is 2.43. The molecule has 1 amide bonds. The molecular weight excluding hydrogens is 358 g/mol. The van der Waals surface area contributed by atoms with Gasteiger partial charge in [-0.05, 0) is 30.3 Å². The summed E-state index contributed by atoms with van der Waals surface area (Å²) in [4.78, 5) is 15.7. The first-order valence-corrected chi connectivity index (χ1v) is 7.61. The molecule has 23 heavy (non-hydrogen) atoms. The molecule has 3 aromatic rings. The lowest BCUT2D eigenvalue weighted by atomic mass is 10.2. The van der Waals surface area contributed by atoms with Crippen LogP contribution in [0.5, 0.6) is 0 Å². The largest absolute Gasteiger partial charge is 0.455 e. The van der Waals surface area contributed by atoms with Crippen LogP contribution in [0.25, 0.3) is 11.3 Å². The molecular formula is C17H12BrN3O2. The number of pyridine rings is 1. The molecule has 0 bridgehead atoms. The van der Waals surface area contributed by atoms with Crippen molar-refractivity contribution in [3.63, 3.8) is 0 Å². The van der Waals surface area contributed by atoms with Gasteiger partial charge in [-0.2, -0.15) is 5.10 Å². The summed E-state index contributed by atoms with van der Waals surface area (Å²) in [6.45, 7) is 0. The van der Waals surface area contributed by atoms with Crippen molar-refractivity contribution in [2.24, 2.45) is 5.10 Å². The van der Waals surface area contributed by atoms with Crippen LogP contribution in [-0.2, 0) is 0 Å². The molecule has 0 spiro atoms. The molecule has 114 valence electrons. The second-order valence-electron chi connectivity index (χ2n) is 4.62. The van der Waals surface area contributed by atoms with Crippen LogP contribution in [0.2, 0.25) is 0 Å². The summed E-state index contributed by atoms with van der Waals surface area (Å²) in [6, 6.07) is 14.6. The van der Waals surface area contributed by atoms with Crippen molar-refractivity contribution >= 4 is 28.1 Å². The number of hydrazone groups is 1. The molecule has 0 saturated heterocycles. The zero-order chi connectivity index (χ0) is 16.1. The minimum atomic E-state index is -0.304. The van der Waals surface area contributed by atoms with Crippen LogP contribution in [0, 0.1) is 0 Å². The van der Waals surface area contributed by atoms with Gasteiger partial charge in [-0.1, -0.05) is 34.1 Å². The molecule has 2 aromatic heterocycles. The second-order valence-corrected chi connectivity index (χ2v) is 5.47. The van der Waals surface area contributed by atoms with E-state index in [2.05, 4.69) is 31.4 Å². The predicted molar refractivity (Wildman–Crippen MR) is 91.1 cm³/mol. The fraction of sp³-hybridized carbons (Fsp3) is 0. The van der Waals surface area contributed by atoms with E-state index in [4.69, 9.17) is 4.42 Å². The van der Waals surface area contributed by atoms with Gasteiger partial charge in [0, 0.05) is 28.0 Å². The Kier molecular flexibility index (Phi) is 4.63. The van der Waals surface area contributed by atoms with Gasteiger partial charge in [0.25, 0.3) is 5.91 Å². The number of carbonyl (C=O) groups excluding carboxylic acids is 1. The fourth-order valence-electron chi connectivity index (χ4n) is 1.95. The first kappa shape index (κ1) is 15.2. The van der Waals surface area contributed by atoms with Crippen molar-refractivity contribution in [1.29, 1.82) is 0 Å². The number of nitrogens with one attached hydrogen (secondary N) is 1. The molecule has 3 rings (SSSR count). The normalized spacial score (nSPS) is 10.8.